The molecule has 0 aliphatic rings. The van der Waals surface area contributed by atoms with E-state index in [9.17, 15) is 4.57 Å². The lowest BCUT2D eigenvalue weighted by atomic mass is 10.2. The van der Waals surface area contributed by atoms with Crippen molar-refractivity contribution in [1.82, 2.24) is 0 Å². The van der Waals surface area contributed by atoms with Crippen LogP contribution in [-0.2, 0) is 4.57 Å². The van der Waals surface area contributed by atoms with E-state index in [1.807, 2.05) is 60.7 Å². The van der Waals surface area contributed by atoms with Crippen LogP contribution in [0.25, 0.3) is 0 Å². The number of hydrogen-bond acceptors (Lipinski definition) is 1. The summed E-state index contributed by atoms with van der Waals surface area (Å²) in [7, 11) is -2.50. The van der Waals surface area contributed by atoms with Crippen molar-refractivity contribution in [3.8, 4) is 0 Å². The average molecular weight is 272 g/mol. The van der Waals surface area contributed by atoms with Crippen LogP contribution in [0.3, 0.4) is 0 Å². The molecule has 0 bridgehead atoms. The summed E-state index contributed by atoms with van der Waals surface area (Å²) in [6, 6.07) is 19.8. The minimum Gasteiger partial charge on any atom is -0.314 e. The summed E-state index contributed by atoms with van der Waals surface area (Å²) in [6.07, 6.45) is 1.81. The second kappa shape index (κ2) is 6.21. The lowest BCUT2D eigenvalue weighted by molar-refractivity contribution is 0.566. The molecular weight excluding hydrogens is 251 g/mol. The highest BCUT2D eigenvalue weighted by atomic mass is 31.2. The van der Waals surface area contributed by atoms with Gasteiger partial charge >= 0.3 is 0 Å². The van der Waals surface area contributed by atoms with Crippen LogP contribution in [0, 0.1) is 5.92 Å². The highest BCUT2D eigenvalue weighted by Gasteiger charge is 2.28. The summed E-state index contributed by atoms with van der Waals surface area (Å²) >= 11 is 0. The molecule has 0 radical (unpaired) electrons. The monoisotopic (exact) mass is 272 g/mol. The molecule has 1 atom stereocenters. The zero-order valence-corrected chi connectivity index (χ0v) is 12.5. The zero-order valence-electron chi connectivity index (χ0n) is 11.6. The van der Waals surface area contributed by atoms with Crippen molar-refractivity contribution in [1.29, 1.82) is 0 Å². The number of benzene rings is 2. The van der Waals surface area contributed by atoms with Crippen LogP contribution in [0.2, 0.25) is 0 Å². The number of hydrogen-bond donors (Lipinski definition) is 0. The summed E-state index contributed by atoms with van der Waals surface area (Å²) in [4.78, 5) is 0. The molecule has 2 heteroatoms. The first kappa shape index (κ1) is 14.1. The van der Waals surface area contributed by atoms with Gasteiger partial charge in [0.25, 0.3) is 0 Å². The quantitative estimate of drug-likeness (QED) is 0.751. The van der Waals surface area contributed by atoms with E-state index in [1.165, 1.54) is 0 Å². The Labute approximate surface area is 116 Å². The van der Waals surface area contributed by atoms with Crippen LogP contribution in [0.5, 0.6) is 0 Å². The first-order chi connectivity index (χ1) is 9.16. The lowest BCUT2D eigenvalue weighted by Crippen LogP contribution is -2.21. The third-order valence-electron chi connectivity index (χ3n) is 3.61. The molecule has 0 heterocycles. The fourth-order valence-electron chi connectivity index (χ4n) is 2.27. The Balaban J connectivity index is 2.48. The van der Waals surface area contributed by atoms with Gasteiger partial charge in [0.15, 0.2) is 0 Å². The van der Waals surface area contributed by atoms with Crippen molar-refractivity contribution in [3.63, 3.8) is 0 Å². The summed E-state index contributed by atoms with van der Waals surface area (Å²) in [5.74, 6) is 0.464. The van der Waals surface area contributed by atoms with E-state index in [-0.39, 0.29) is 0 Å². The average Bonchev–Trinajstić information content (AvgIpc) is 2.48. The van der Waals surface area contributed by atoms with E-state index in [0.29, 0.717) is 5.92 Å². The minimum absolute atomic E-state index is 0.464. The molecule has 0 aromatic heterocycles. The van der Waals surface area contributed by atoms with Gasteiger partial charge in [-0.05, 0) is 5.92 Å². The van der Waals surface area contributed by atoms with Gasteiger partial charge in [0.05, 0.1) is 0 Å². The Morgan fingerprint density at radius 3 is 1.68 bits per heavy atom. The molecule has 1 unspecified atom stereocenters. The van der Waals surface area contributed by atoms with Crippen LogP contribution in [0.1, 0.15) is 20.3 Å². The smallest absolute Gasteiger partial charge is 0.143 e. The standard InChI is InChI=1S/C17H21OP/c1-3-15(2)14-19(18,16-10-6-4-7-11-16)17-12-8-5-9-13-17/h4-13,15H,3,14H2,1-2H3. The normalized spacial score (nSPS) is 13.2. The molecule has 100 valence electrons. The van der Waals surface area contributed by atoms with Crippen LogP contribution in [-0.4, -0.2) is 6.16 Å². The summed E-state index contributed by atoms with van der Waals surface area (Å²) in [5, 5.41) is 1.95. The van der Waals surface area contributed by atoms with Gasteiger partial charge in [-0.1, -0.05) is 80.9 Å². The second-order valence-electron chi connectivity index (χ2n) is 5.11. The highest BCUT2D eigenvalue weighted by molar-refractivity contribution is 7.78. The Hall–Kier alpha value is -1.33. The van der Waals surface area contributed by atoms with Gasteiger partial charge in [-0.3, -0.25) is 0 Å². The van der Waals surface area contributed by atoms with Crippen LogP contribution in [0.4, 0.5) is 0 Å². The molecule has 2 aromatic carbocycles. The summed E-state index contributed by atoms with van der Waals surface area (Å²) in [5.41, 5.74) is 0. The van der Waals surface area contributed by atoms with Crippen LogP contribution >= 0.6 is 7.14 Å². The van der Waals surface area contributed by atoms with Crippen LogP contribution in [0.15, 0.2) is 60.7 Å². The molecule has 0 saturated heterocycles. The molecule has 0 aliphatic carbocycles. The van der Waals surface area contributed by atoms with Gasteiger partial charge in [-0.25, -0.2) is 0 Å². The maximum absolute atomic E-state index is 13.6. The van der Waals surface area contributed by atoms with E-state index < -0.39 is 7.14 Å². The van der Waals surface area contributed by atoms with Crippen molar-refractivity contribution >= 4 is 17.8 Å². The molecule has 19 heavy (non-hydrogen) atoms. The Bertz CT molecular complexity index is 504. The van der Waals surface area contributed by atoms with Crippen molar-refractivity contribution in [2.24, 2.45) is 5.92 Å². The molecule has 0 amide bonds. The molecule has 0 spiro atoms. The van der Waals surface area contributed by atoms with E-state index >= 15 is 0 Å². The Morgan fingerprint density at radius 1 is 0.895 bits per heavy atom. The Morgan fingerprint density at radius 2 is 1.32 bits per heavy atom. The van der Waals surface area contributed by atoms with Gasteiger partial charge < -0.3 is 4.57 Å². The van der Waals surface area contributed by atoms with Crippen molar-refractivity contribution < 1.29 is 4.57 Å². The van der Waals surface area contributed by atoms with Crippen molar-refractivity contribution in [2.75, 3.05) is 6.16 Å². The maximum Gasteiger partial charge on any atom is 0.143 e. The predicted molar refractivity (Wildman–Crippen MR) is 84.1 cm³/mol. The van der Waals surface area contributed by atoms with Gasteiger partial charge in [0, 0.05) is 16.8 Å². The molecular formula is C17H21OP. The topological polar surface area (TPSA) is 17.1 Å². The second-order valence-corrected chi connectivity index (χ2v) is 7.98. The highest BCUT2D eigenvalue weighted by Crippen LogP contribution is 2.45. The fraction of sp³-hybridized carbons (Fsp3) is 0.294. The summed E-state index contributed by atoms with van der Waals surface area (Å²) in [6.45, 7) is 4.34. The Kier molecular flexibility index (Phi) is 4.61. The molecule has 0 aliphatic heterocycles. The first-order valence-corrected chi connectivity index (χ1v) is 8.76. The van der Waals surface area contributed by atoms with Gasteiger partial charge in [0.1, 0.15) is 7.14 Å². The SMILES string of the molecule is CCC(C)CP(=O)(c1ccccc1)c1ccccc1. The third-order valence-corrected chi connectivity index (χ3v) is 7.01. The van der Waals surface area contributed by atoms with Crippen molar-refractivity contribution in [3.05, 3.63) is 60.7 Å². The molecule has 0 saturated carbocycles. The van der Waals surface area contributed by atoms with E-state index in [2.05, 4.69) is 13.8 Å². The van der Waals surface area contributed by atoms with Gasteiger partial charge in [-0.2, -0.15) is 0 Å². The molecule has 2 aromatic rings. The predicted octanol–water partition coefficient (Wildman–Crippen LogP) is 4.05. The molecule has 2 rings (SSSR count). The first-order valence-electron chi connectivity index (χ1n) is 6.87. The fourth-order valence-corrected chi connectivity index (χ4v) is 5.43. The zero-order chi connectivity index (χ0) is 13.7. The van der Waals surface area contributed by atoms with E-state index in [0.717, 1.165) is 23.2 Å². The molecule has 0 N–H and O–H groups in total. The minimum atomic E-state index is -2.50. The van der Waals surface area contributed by atoms with E-state index in [4.69, 9.17) is 0 Å². The maximum atomic E-state index is 13.6. The number of rotatable bonds is 5. The van der Waals surface area contributed by atoms with Crippen molar-refractivity contribution in [2.45, 2.75) is 20.3 Å². The molecule has 0 fully saturated rings. The summed E-state index contributed by atoms with van der Waals surface area (Å²) < 4.78 is 13.6. The van der Waals surface area contributed by atoms with Crippen LogP contribution < -0.4 is 10.6 Å². The molecule has 1 nitrogen and oxygen atoms in total. The van der Waals surface area contributed by atoms with Gasteiger partial charge in [0.2, 0.25) is 0 Å². The largest absolute Gasteiger partial charge is 0.314 e. The van der Waals surface area contributed by atoms with Gasteiger partial charge in [-0.15, -0.1) is 0 Å². The van der Waals surface area contributed by atoms with E-state index in [1.54, 1.807) is 0 Å². The third kappa shape index (κ3) is 3.16. The lowest BCUT2D eigenvalue weighted by Gasteiger charge is -2.22.